The summed E-state index contributed by atoms with van der Waals surface area (Å²) in [6.45, 7) is 0. The van der Waals surface area contributed by atoms with E-state index in [0.717, 1.165) is 11.6 Å². The summed E-state index contributed by atoms with van der Waals surface area (Å²) in [7, 11) is -2.25. The van der Waals surface area contributed by atoms with Crippen LogP contribution in [0.4, 0.5) is 5.69 Å². The number of H-pyrrole nitrogens is 1. The number of nitro benzene ring substituents is 1. The van der Waals surface area contributed by atoms with Crippen LogP contribution >= 0.6 is 0 Å². The zero-order valence-electron chi connectivity index (χ0n) is 16.0. The number of nitrogens with zero attached hydrogens (tertiary/aromatic N) is 1. The molecule has 4 aromatic rings. The number of hydrogen-bond donors (Lipinski definition) is 1. The number of ether oxygens (including phenoxy) is 1. The van der Waals surface area contributed by atoms with E-state index in [-0.39, 0.29) is 16.3 Å². The summed E-state index contributed by atoms with van der Waals surface area (Å²) in [5.74, 6) is 0.448. The van der Waals surface area contributed by atoms with Crippen LogP contribution in [-0.2, 0) is 15.6 Å². The highest BCUT2D eigenvalue weighted by atomic mass is 32.2. The molecule has 1 heterocycles. The van der Waals surface area contributed by atoms with E-state index in [4.69, 9.17) is 4.74 Å². The first-order valence-corrected chi connectivity index (χ1v) is 10.7. The predicted octanol–water partition coefficient (Wildman–Crippen LogP) is 4.73. The Morgan fingerprint density at radius 2 is 1.70 bits per heavy atom. The lowest BCUT2D eigenvalue weighted by Crippen LogP contribution is -2.06. The molecular formula is C22H18N2O5S. The largest absolute Gasteiger partial charge is 0.497 e. The number of methoxy groups -OCH3 is 1. The molecule has 0 amide bonds. The molecule has 3 aromatic carbocycles. The summed E-state index contributed by atoms with van der Waals surface area (Å²) in [6.07, 6.45) is 0. The van der Waals surface area contributed by atoms with Crippen LogP contribution in [0.15, 0.2) is 77.7 Å². The fourth-order valence-electron chi connectivity index (χ4n) is 3.35. The quantitative estimate of drug-likeness (QED) is 0.358. The van der Waals surface area contributed by atoms with Crippen molar-refractivity contribution in [3.8, 4) is 17.0 Å². The maximum Gasteiger partial charge on any atom is 0.272 e. The van der Waals surface area contributed by atoms with Gasteiger partial charge in [-0.1, -0.05) is 30.3 Å². The Bertz CT molecular complexity index is 1330. The van der Waals surface area contributed by atoms with Crippen molar-refractivity contribution in [1.29, 1.82) is 0 Å². The van der Waals surface area contributed by atoms with E-state index in [1.807, 2.05) is 12.1 Å². The number of aromatic amines is 1. The third-order valence-corrected chi connectivity index (χ3v) is 6.55. The van der Waals surface area contributed by atoms with Crippen LogP contribution in [-0.4, -0.2) is 25.4 Å². The van der Waals surface area contributed by atoms with Crippen molar-refractivity contribution in [2.45, 2.75) is 10.6 Å². The lowest BCUT2D eigenvalue weighted by atomic mass is 10.1. The van der Waals surface area contributed by atoms with E-state index in [1.165, 1.54) is 6.07 Å². The van der Waals surface area contributed by atoms with Gasteiger partial charge in [-0.25, -0.2) is 8.42 Å². The first kappa shape index (κ1) is 19.7. The molecule has 0 bridgehead atoms. The molecule has 4 rings (SSSR count). The Hall–Kier alpha value is -3.65. The molecule has 7 nitrogen and oxygen atoms in total. The Morgan fingerprint density at radius 1 is 1.00 bits per heavy atom. The maximum atomic E-state index is 13.2. The number of nitro groups is 1. The second kappa shape index (κ2) is 7.64. The van der Waals surface area contributed by atoms with Gasteiger partial charge in [0.2, 0.25) is 0 Å². The molecule has 0 aliphatic rings. The molecule has 0 saturated heterocycles. The van der Waals surface area contributed by atoms with Crippen LogP contribution in [0.3, 0.4) is 0 Å². The van der Waals surface area contributed by atoms with Gasteiger partial charge in [0.1, 0.15) is 5.75 Å². The van der Waals surface area contributed by atoms with Crippen molar-refractivity contribution < 1.29 is 18.1 Å². The van der Waals surface area contributed by atoms with Gasteiger partial charge in [-0.3, -0.25) is 10.1 Å². The first-order chi connectivity index (χ1) is 14.4. The van der Waals surface area contributed by atoms with Crippen LogP contribution < -0.4 is 4.74 Å². The second-order valence-corrected chi connectivity index (χ2v) is 8.78. The minimum absolute atomic E-state index is 0.0634. The summed E-state index contributed by atoms with van der Waals surface area (Å²) >= 11 is 0. The van der Waals surface area contributed by atoms with Gasteiger partial charge in [0, 0.05) is 23.2 Å². The number of benzene rings is 3. The van der Waals surface area contributed by atoms with E-state index >= 15 is 0 Å². The van der Waals surface area contributed by atoms with Crippen LogP contribution in [0.5, 0.6) is 5.75 Å². The molecule has 8 heteroatoms. The average Bonchev–Trinajstić information content (AvgIpc) is 3.17. The van der Waals surface area contributed by atoms with Gasteiger partial charge in [-0.2, -0.15) is 0 Å². The van der Waals surface area contributed by atoms with Crippen molar-refractivity contribution >= 4 is 26.4 Å². The fourth-order valence-corrected chi connectivity index (χ4v) is 4.94. The Balaban J connectivity index is 1.87. The minimum Gasteiger partial charge on any atom is -0.497 e. The lowest BCUT2D eigenvalue weighted by molar-refractivity contribution is -0.384. The molecule has 0 aliphatic carbocycles. The molecule has 0 aliphatic heterocycles. The summed E-state index contributed by atoms with van der Waals surface area (Å²) < 4.78 is 31.5. The number of fused-ring (bicyclic) bond motifs is 1. The van der Waals surface area contributed by atoms with Crippen LogP contribution in [0.25, 0.3) is 22.2 Å². The second-order valence-electron chi connectivity index (χ2n) is 6.82. The number of non-ortho nitro benzene ring substituents is 1. The summed E-state index contributed by atoms with van der Waals surface area (Å²) in [4.78, 5) is 13.9. The standard InChI is InChI=1S/C22H18N2O5S/c1-29-18-9-7-16(8-10-18)20-13-19-21(23-20)11-17(24(25)26)12-22(19)30(27,28)14-15-5-3-2-4-6-15/h2-13,23H,14H2,1H3. The normalized spacial score (nSPS) is 11.5. The fraction of sp³-hybridized carbons (Fsp3) is 0.0909. The number of hydrogen-bond acceptors (Lipinski definition) is 5. The molecule has 0 spiro atoms. The summed E-state index contributed by atoms with van der Waals surface area (Å²) in [5.41, 5.74) is 2.19. The number of aromatic nitrogens is 1. The number of sulfone groups is 1. The van der Waals surface area contributed by atoms with Crippen molar-refractivity contribution in [2.24, 2.45) is 0 Å². The van der Waals surface area contributed by atoms with Crippen molar-refractivity contribution in [2.75, 3.05) is 7.11 Å². The Kier molecular flexibility index (Phi) is 5.01. The van der Waals surface area contributed by atoms with Crippen LogP contribution in [0.2, 0.25) is 0 Å². The van der Waals surface area contributed by atoms with Gasteiger partial charge in [0.25, 0.3) is 5.69 Å². The maximum absolute atomic E-state index is 13.2. The Morgan fingerprint density at radius 3 is 2.33 bits per heavy atom. The van der Waals surface area contributed by atoms with E-state index in [9.17, 15) is 18.5 Å². The van der Waals surface area contributed by atoms with Crippen molar-refractivity contribution in [1.82, 2.24) is 4.98 Å². The smallest absolute Gasteiger partial charge is 0.272 e. The molecular weight excluding hydrogens is 404 g/mol. The van der Waals surface area contributed by atoms with E-state index < -0.39 is 14.8 Å². The molecule has 1 N–H and O–H groups in total. The van der Waals surface area contributed by atoms with Gasteiger partial charge in [0.05, 0.1) is 28.2 Å². The molecule has 0 radical (unpaired) electrons. The number of nitrogens with one attached hydrogen (secondary N) is 1. The molecule has 0 fully saturated rings. The Labute approximate surface area is 173 Å². The lowest BCUT2D eigenvalue weighted by Gasteiger charge is -2.06. The molecule has 30 heavy (non-hydrogen) atoms. The zero-order valence-corrected chi connectivity index (χ0v) is 16.8. The van der Waals surface area contributed by atoms with Gasteiger partial charge in [0.15, 0.2) is 9.84 Å². The van der Waals surface area contributed by atoms with Crippen molar-refractivity contribution in [3.05, 3.63) is 88.5 Å². The van der Waals surface area contributed by atoms with Gasteiger partial charge >= 0.3 is 0 Å². The molecule has 0 unspecified atom stereocenters. The first-order valence-electron chi connectivity index (χ1n) is 9.09. The predicted molar refractivity (Wildman–Crippen MR) is 114 cm³/mol. The van der Waals surface area contributed by atoms with E-state index in [2.05, 4.69) is 4.98 Å². The SMILES string of the molecule is COc1ccc(-c2cc3c(S(=O)(=O)Cc4ccccc4)cc([N+](=O)[O-])cc3[nH]2)cc1. The zero-order chi connectivity index (χ0) is 21.3. The van der Waals surface area contributed by atoms with E-state index in [0.29, 0.717) is 27.9 Å². The van der Waals surface area contributed by atoms with Gasteiger partial charge in [-0.15, -0.1) is 0 Å². The third kappa shape index (κ3) is 3.77. The average molecular weight is 422 g/mol. The van der Waals surface area contributed by atoms with E-state index in [1.54, 1.807) is 55.6 Å². The molecule has 0 saturated carbocycles. The topological polar surface area (TPSA) is 102 Å². The van der Waals surface area contributed by atoms with Gasteiger partial charge < -0.3 is 9.72 Å². The van der Waals surface area contributed by atoms with Gasteiger partial charge in [-0.05, 0) is 41.5 Å². The summed E-state index contributed by atoms with van der Waals surface area (Å²) in [6, 6.07) is 20.2. The molecule has 1 aromatic heterocycles. The van der Waals surface area contributed by atoms with Crippen LogP contribution in [0, 0.1) is 10.1 Å². The minimum atomic E-state index is -3.82. The highest BCUT2D eigenvalue weighted by Gasteiger charge is 2.24. The highest BCUT2D eigenvalue weighted by Crippen LogP contribution is 2.34. The number of rotatable bonds is 6. The third-order valence-electron chi connectivity index (χ3n) is 4.83. The highest BCUT2D eigenvalue weighted by molar-refractivity contribution is 7.90. The molecule has 152 valence electrons. The molecule has 0 atom stereocenters. The van der Waals surface area contributed by atoms with Crippen LogP contribution in [0.1, 0.15) is 5.56 Å². The monoisotopic (exact) mass is 422 g/mol. The summed E-state index contributed by atoms with van der Waals surface area (Å²) in [5, 5.41) is 11.8. The van der Waals surface area contributed by atoms with Crippen molar-refractivity contribution in [3.63, 3.8) is 0 Å².